The molecule has 0 radical (unpaired) electrons. The van der Waals surface area contributed by atoms with Gasteiger partial charge in [0.05, 0.1) is 0 Å². The molecule has 0 fully saturated rings. The molecule has 0 aliphatic rings. The monoisotopic (exact) mass is 186 g/mol. The van der Waals surface area contributed by atoms with E-state index in [0.29, 0.717) is 0 Å². The van der Waals surface area contributed by atoms with Gasteiger partial charge < -0.3 is 0 Å². The van der Waals surface area contributed by atoms with Crippen LogP contribution in [0.5, 0.6) is 0 Å². The number of allylic oxidation sites excluding steroid dienone is 2. The second-order valence-corrected chi connectivity index (χ2v) is 5.49. The molecule has 0 amide bonds. The third kappa shape index (κ3) is 10.1. The Labute approximate surface area is 81.8 Å². The summed E-state index contributed by atoms with van der Waals surface area (Å²) in [5.74, 6) is 2.07. The van der Waals surface area contributed by atoms with Crippen LogP contribution in [0.15, 0.2) is 12.2 Å². The number of hydrogen-bond donors (Lipinski definition) is 0. The lowest BCUT2D eigenvalue weighted by atomic mass is 10.1. The van der Waals surface area contributed by atoms with E-state index in [0.717, 1.165) is 11.2 Å². The van der Waals surface area contributed by atoms with Gasteiger partial charge in [-0.15, -0.1) is 0 Å². The molecule has 0 unspecified atom stereocenters. The molecule has 0 N–H and O–H groups in total. The van der Waals surface area contributed by atoms with Gasteiger partial charge in [0.15, 0.2) is 0 Å². The van der Waals surface area contributed by atoms with Gasteiger partial charge >= 0.3 is 0 Å². The molecule has 0 aliphatic carbocycles. The Morgan fingerprint density at radius 2 is 1.75 bits per heavy atom. The zero-order valence-corrected chi connectivity index (χ0v) is 9.66. The lowest BCUT2D eigenvalue weighted by Crippen LogP contribution is -1.88. The van der Waals surface area contributed by atoms with E-state index in [2.05, 4.69) is 39.8 Å². The van der Waals surface area contributed by atoms with E-state index in [-0.39, 0.29) is 0 Å². The largest absolute Gasteiger partial charge is 0.159 e. The molecule has 0 saturated heterocycles. The van der Waals surface area contributed by atoms with Crippen molar-refractivity contribution in [2.24, 2.45) is 5.92 Å². The Morgan fingerprint density at radius 3 is 2.25 bits per heavy atom. The maximum atomic E-state index is 2.31. The molecule has 0 bridgehead atoms. The predicted octanol–water partition coefficient (Wildman–Crippen LogP) is 4.12. The number of hydrogen-bond acceptors (Lipinski definition) is 1. The standard InChI is InChI=1S/C11H22S/c1-10(2)8-6-5-7-9-12-11(3)4/h5-6,10-11H,7-9H2,1-4H3/b6-5+. The van der Waals surface area contributed by atoms with Gasteiger partial charge in [0.1, 0.15) is 0 Å². The first-order valence-electron chi connectivity index (χ1n) is 4.89. The molecule has 0 aliphatic heterocycles. The van der Waals surface area contributed by atoms with Gasteiger partial charge in [0.25, 0.3) is 0 Å². The zero-order valence-electron chi connectivity index (χ0n) is 8.84. The summed E-state index contributed by atoms with van der Waals surface area (Å²) in [6.07, 6.45) is 7.09. The third-order valence-electron chi connectivity index (χ3n) is 1.51. The molecule has 0 atom stereocenters. The zero-order chi connectivity index (χ0) is 9.40. The van der Waals surface area contributed by atoms with Crippen LogP contribution >= 0.6 is 11.8 Å². The van der Waals surface area contributed by atoms with Crippen LogP contribution in [-0.2, 0) is 0 Å². The van der Waals surface area contributed by atoms with Crippen LogP contribution in [0, 0.1) is 5.92 Å². The average Bonchev–Trinajstić information content (AvgIpc) is 1.95. The average molecular weight is 186 g/mol. The summed E-state index contributed by atoms with van der Waals surface area (Å²) in [6.45, 7) is 9.02. The fourth-order valence-electron chi connectivity index (χ4n) is 0.858. The van der Waals surface area contributed by atoms with Crippen molar-refractivity contribution in [3.63, 3.8) is 0 Å². The summed E-state index contributed by atoms with van der Waals surface area (Å²) < 4.78 is 0. The second-order valence-electron chi connectivity index (χ2n) is 3.81. The summed E-state index contributed by atoms with van der Waals surface area (Å²) in [6, 6.07) is 0. The van der Waals surface area contributed by atoms with Gasteiger partial charge in [-0.05, 0) is 29.8 Å². The molecule has 0 nitrogen and oxygen atoms in total. The van der Waals surface area contributed by atoms with Gasteiger partial charge in [0, 0.05) is 0 Å². The highest BCUT2D eigenvalue weighted by Gasteiger charge is 1.91. The molecule has 12 heavy (non-hydrogen) atoms. The van der Waals surface area contributed by atoms with Crippen LogP contribution < -0.4 is 0 Å². The summed E-state index contributed by atoms with van der Waals surface area (Å²) >= 11 is 2.04. The van der Waals surface area contributed by atoms with Crippen molar-refractivity contribution in [1.29, 1.82) is 0 Å². The summed E-state index contributed by atoms with van der Waals surface area (Å²) in [5.41, 5.74) is 0. The van der Waals surface area contributed by atoms with Crippen LogP contribution in [0.2, 0.25) is 0 Å². The predicted molar refractivity (Wildman–Crippen MR) is 60.8 cm³/mol. The fraction of sp³-hybridized carbons (Fsp3) is 0.818. The Balaban J connectivity index is 3.13. The molecule has 72 valence electrons. The van der Waals surface area contributed by atoms with Gasteiger partial charge in [0.2, 0.25) is 0 Å². The SMILES string of the molecule is CC(C)C/C=C/CCSC(C)C. The Hall–Kier alpha value is 0.0900. The van der Waals surface area contributed by atoms with Crippen molar-refractivity contribution < 1.29 is 0 Å². The lowest BCUT2D eigenvalue weighted by Gasteiger charge is -2.01. The van der Waals surface area contributed by atoms with E-state index >= 15 is 0 Å². The molecule has 0 aromatic heterocycles. The first-order chi connectivity index (χ1) is 5.63. The van der Waals surface area contributed by atoms with E-state index in [1.54, 1.807) is 0 Å². The topological polar surface area (TPSA) is 0 Å². The smallest absolute Gasteiger partial charge is 0.000957 e. The van der Waals surface area contributed by atoms with Crippen LogP contribution in [0.1, 0.15) is 40.5 Å². The van der Waals surface area contributed by atoms with E-state index < -0.39 is 0 Å². The fourth-order valence-corrected chi connectivity index (χ4v) is 1.60. The minimum Gasteiger partial charge on any atom is -0.159 e. The number of rotatable bonds is 6. The third-order valence-corrected chi connectivity index (χ3v) is 2.65. The van der Waals surface area contributed by atoms with Gasteiger partial charge in [-0.2, -0.15) is 11.8 Å². The Morgan fingerprint density at radius 1 is 1.08 bits per heavy atom. The highest BCUT2D eigenvalue weighted by Crippen LogP contribution is 2.10. The van der Waals surface area contributed by atoms with Crippen LogP contribution in [-0.4, -0.2) is 11.0 Å². The normalized spacial score (nSPS) is 12.2. The van der Waals surface area contributed by atoms with Gasteiger partial charge in [-0.3, -0.25) is 0 Å². The van der Waals surface area contributed by atoms with Crippen molar-refractivity contribution in [3.05, 3.63) is 12.2 Å². The minimum atomic E-state index is 0.781. The van der Waals surface area contributed by atoms with Crippen molar-refractivity contribution in [1.82, 2.24) is 0 Å². The quantitative estimate of drug-likeness (QED) is 0.444. The first kappa shape index (κ1) is 12.1. The van der Waals surface area contributed by atoms with Gasteiger partial charge in [-0.25, -0.2) is 0 Å². The molecular weight excluding hydrogens is 164 g/mol. The highest BCUT2D eigenvalue weighted by atomic mass is 32.2. The first-order valence-corrected chi connectivity index (χ1v) is 5.94. The van der Waals surface area contributed by atoms with Crippen LogP contribution in [0.25, 0.3) is 0 Å². The second kappa shape index (κ2) is 7.72. The molecule has 0 saturated carbocycles. The van der Waals surface area contributed by atoms with Crippen LogP contribution in [0.3, 0.4) is 0 Å². The number of thioether (sulfide) groups is 1. The molecule has 1 heteroatoms. The van der Waals surface area contributed by atoms with Crippen LogP contribution in [0.4, 0.5) is 0 Å². The molecule has 0 rings (SSSR count). The maximum Gasteiger partial charge on any atom is -0.000957 e. The van der Waals surface area contributed by atoms with E-state index in [4.69, 9.17) is 0 Å². The Kier molecular flexibility index (Phi) is 7.78. The molecular formula is C11H22S. The van der Waals surface area contributed by atoms with Crippen molar-refractivity contribution in [3.8, 4) is 0 Å². The Bertz CT molecular complexity index is 114. The molecule has 0 spiro atoms. The van der Waals surface area contributed by atoms with E-state index in [1.165, 1.54) is 18.6 Å². The van der Waals surface area contributed by atoms with Crippen molar-refractivity contribution in [2.75, 3.05) is 5.75 Å². The minimum absolute atomic E-state index is 0.781. The lowest BCUT2D eigenvalue weighted by molar-refractivity contribution is 0.662. The van der Waals surface area contributed by atoms with Crippen molar-refractivity contribution in [2.45, 2.75) is 45.8 Å². The molecule has 0 heterocycles. The van der Waals surface area contributed by atoms with E-state index in [1.807, 2.05) is 11.8 Å². The summed E-state index contributed by atoms with van der Waals surface area (Å²) in [7, 11) is 0. The molecule has 0 aromatic carbocycles. The van der Waals surface area contributed by atoms with Crippen molar-refractivity contribution >= 4 is 11.8 Å². The highest BCUT2D eigenvalue weighted by molar-refractivity contribution is 7.99. The summed E-state index contributed by atoms with van der Waals surface area (Å²) in [5, 5.41) is 0.781. The van der Waals surface area contributed by atoms with E-state index in [9.17, 15) is 0 Å². The maximum absolute atomic E-state index is 2.31. The van der Waals surface area contributed by atoms with Gasteiger partial charge in [-0.1, -0.05) is 39.8 Å². The molecule has 0 aromatic rings. The summed E-state index contributed by atoms with van der Waals surface area (Å²) in [4.78, 5) is 0.